The van der Waals surface area contributed by atoms with Crippen molar-refractivity contribution in [1.82, 2.24) is 14.5 Å². The maximum atomic E-state index is 6.20. The maximum Gasteiger partial charge on any atom is 0.141 e. The summed E-state index contributed by atoms with van der Waals surface area (Å²) in [5, 5.41) is 1.80. The molecule has 4 aromatic carbocycles. The molecule has 7 rings (SSSR count). The molecule has 43 heavy (non-hydrogen) atoms. The molecule has 0 spiro atoms. The number of pyridine rings is 1. The molecular weight excluding hydrogens is 554 g/mol. The van der Waals surface area contributed by atoms with Crippen molar-refractivity contribution in [3.05, 3.63) is 102 Å². The Bertz CT molecular complexity index is 1890. The number of fused-ring (bicyclic) bond motifs is 2. The van der Waals surface area contributed by atoms with Crippen molar-refractivity contribution in [3.63, 3.8) is 0 Å². The number of halogens is 1. The first-order chi connectivity index (χ1) is 21.2. The van der Waals surface area contributed by atoms with Crippen LogP contribution in [0.2, 0.25) is 5.02 Å². The molecule has 216 valence electrons. The van der Waals surface area contributed by atoms with Crippen LogP contribution in [0.1, 0.15) is 38.1 Å². The van der Waals surface area contributed by atoms with Crippen molar-refractivity contribution in [2.45, 2.75) is 38.1 Å². The number of rotatable bonds is 8. The molecule has 1 aliphatic carbocycles. The Hall–Kier alpha value is -4.19. The van der Waals surface area contributed by atoms with Crippen LogP contribution in [0, 0.1) is 0 Å². The Morgan fingerprint density at radius 3 is 2.40 bits per heavy atom. The molecule has 5 nitrogen and oxygen atoms in total. The number of para-hydroxylation sites is 2. The van der Waals surface area contributed by atoms with E-state index in [4.69, 9.17) is 31.0 Å². The minimum absolute atomic E-state index is 0.482. The fourth-order valence-corrected chi connectivity index (χ4v) is 6.45. The summed E-state index contributed by atoms with van der Waals surface area (Å²) in [5.41, 5.74) is 8.37. The van der Waals surface area contributed by atoms with E-state index in [1.54, 1.807) is 7.11 Å². The summed E-state index contributed by atoms with van der Waals surface area (Å²) in [6, 6.07) is 33.9. The standard InChI is InChI=1S/C37H34ClN3O2/c1-42-21-22-43-30-17-18-31(25-11-15-28(38)16-12-25)32(24-30)34-20-13-26-23-27(14-19-33(26)39-34)37-40-35-9-5-6-10-36(35)41(37)29-7-3-2-4-8-29/h5-6,9-20,23-24,29H,2-4,7-8,21-22H2,1H3. The van der Waals surface area contributed by atoms with Crippen LogP contribution in [0.3, 0.4) is 0 Å². The van der Waals surface area contributed by atoms with Crippen LogP contribution >= 0.6 is 11.6 Å². The largest absolute Gasteiger partial charge is 0.491 e. The highest BCUT2D eigenvalue weighted by atomic mass is 35.5. The van der Waals surface area contributed by atoms with E-state index in [0.717, 1.165) is 55.9 Å². The van der Waals surface area contributed by atoms with Gasteiger partial charge in [-0.1, -0.05) is 67.3 Å². The third-order valence-electron chi connectivity index (χ3n) is 8.46. The fraction of sp³-hybridized carbons (Fsp3) is 0.243. The van der Waals surface area contributed by atoms with Gasteiger partial charge in [0.15, 0.2) is 0 Å². The van der Waals surface area contributed by atoms with E-state index in [2.05, 4.69) is 71.3 Å². The summed E-state index contributed by atoms with van der Waals surface area (Å²) in [4.78, 5) is 10.3. The Morgan fingerprint density at radius 1 is 0.744 bits per heavy atom. The number of hydrogen-bond donors (Lipinski definition) is 0. The number of ether oxygens (including phenoxy) is 2. The molecule has 6 aromatic rings. The average molecular weight is 588 g/mol. The summed E-state index contributed by atoms with van der Waals surface area (Å²) < 4.78 is 13.6. The van der Waals surface area contributed by atoms with Crippen molar-refractivity contribution >= 4 is 33.5 Å². The first-order valence-corrected chi connectivity index (χ1v) is 15.5. The predicted octanol–water partition coefficient (Wildman–Crippen LogP) is 9.77. The number of aromatic nitrogens is 3. The molecule has 0 atom stereocenters. The van der Waals surface area contributed by atoms with Gasteiger partial charge in [0.2, 0.25) is 0 Å². The smallest absolute Gasteiger partial charge is 0.141 e. The van der Waals surface area contributed by atoms with E-state index in [-0.39, 0.29) is 0 Å². The molecular formula is C37H34ClN3O2. The highest BCUT2D eigenvalue weighted by Crippen LogP contribution is 2.38. The van der Waals surface area contributed by atoms with Crippen LogP contribution in [0.15, 0.2) is 97.1 Å². The van der Waals surface area contributed by atoms with Crippen LogP contribution in [0.4, 0.5) is 0 Å². The monoisotopic (exact) mass is 587 g/mol. The Kier molecular flexibility index (Phi) is 7.84. The molecule has 1 fully saturated rings. The average Bonchev–Trinajstić information content (AvgIpc) is 3.45. The van der Waals surface area contributed by atoms with E-state index < -0.39 is 0 Å². The number of methoxy groups -OCH3 is 1. The highest BCUT2D eigenvalue weighted by molar-refractivity contribution is 6.30. The van der Waals surface area contributed by atoms with Gasteiger partial charge in [-0.2, -0.15) is 0 Å². The van der Waals surface area contributed by atoms with Gasteiger partial charge in [0.05, 0.1) is 28.9 Å². The summed E-state index contributed by atoms with van der Waals surface area (Å²) in [6.07, 6.45) is 6.28. The van der Waals surface area contributed by atoms with Crippen molar-refractivity contribution in [2.75, 3.05) is 20.3 Å². The number of nitrogens with zero attached hydrogens (tertiary/aromatic N) is 3. The third-order valence-corrected chi connectivity index (χ3v) is 8.71. The van der Waals surface area contributed by atoms with E-state index in [1.807, 2.05) is 30.3 Å². The summed E-state index contributed by atoms with van der Waals surface area (Å²) in [6.45, 7) is 1.01. The maximum absolute atomic E-state index is 6.20. The molecule has 0 aliphatic heterocycles. The zero-order chi connectivity index (χ0) is 29.2. The first kappa shape index (κ1) is 27.6. The van der Waals surface area contributed by atoms with Crippen molar-refractivity contribution < 1.29 is 9.47 Å². The quantitative estimate of drug-likeness (QED) is 0.166. The molecule has 0 radical (unpaired) electrons. The molecule has 0 unspecified atom stereocenters. The van der Waals surface area contributed by atoms with Gasteiger partial charge < -0.3 is 14.0 Å². The van der Waals surface area contributed by atoms with Gasteiger partial charge in [-0.3, -0.25) is 0 Å². The molecule has 2 aromatic heterocycles. The Labute approximate surface area is 257 Å². The van der Waals surface area contributed by atoms with Crippen molar-refractivity contribution in [2.24, 2.45) is 0 Å². The molecule has 0 N–H and O–H groups in total. The van der Waals surface area contributed by atoms with Crippen LogP contribution in [0.5, 0.6) is 5.75 Å². The highest BCUT2D eigenvalue weighted by Gasteiger charge is 2.22. The lowest BCUT2D eigenvalue weighted by Crippen LogP contribution is -2.13. The van der Waals surface area contributed by atoms with Gasteiger partial charge in [0, 0.05) is 34.7 Å². The Balaban J connectivity index is 1.29. The second-order valence-electron chi connectivity index (χ2n) is 11.2. The Morgan fingerprint density at radius 2 is 1.56 bits per heavy atom. The van der Waals surface area contributed by atoms with Gasteiger partial charge in [-0.25, -0.2) is 9.97 Å². The zero-order valence-electron chi connectivity index (χ0n) is 24.3. The van der Waals surface area contributed by atoms with Crippen molar-refractivity contribution in [3.8, 4) is 39.5 Å². The molecule has 6 heteroatoms. The van der Waals surface area contributed by atoms with E-state index >= 15 is 0 Å². The van der Waals surface area contributed by atoms with Gasteiger partial charge in [-0.05, 0) is 84.6 Å². The molecule has 1 aliphatic rings. The van der Waals surface area contributed by atoms with Gasteiger partial charge >= 0.3 is 0 Å². The van der Waals surface area contributed by atoms with Crippen LogP contribution in [-0.2, 0) is 4.74 Å². The minimum Gasteiger partial charge on any atom is -0.491 e. The number of benzene rings is 4. The lowest BCUT2D eigenvalue weighted by atomic mass is 9.94. The third kappa shape index (κ3) is 5.63. The first-order valence-electron chi connectivity index (χ1n) is 15.1. The fourth-order valence-electron chi connectivity index (χ4n) is 6.32. The predicted molar refractivity (Wildman–Crippen MR) is 176 cm³/mol. The lowest BCUT2D eigenvalue weighted by Gasteiger charge is -2.25. The van der Waals surface area contributed by atoms with E-state index in [0.29, 0.717) is 24.3 Å². The summed E-state index contributed by atoms with van der Waals surface area (Å²) >= 11 is 6.20. The molecule has 1 saturated carbocycles. The SMILES string of the molecule is COCCOc1ccc(-c2ccc(Cl)cc2)c(-c2ccc3cc(-c4nc5ccccc5n4C4CCCCC4)ccc3n2)c1. The van der Waals surface area contributed by atoms with Crippen LogP contribution in [0.25, 0.3) is 55.7 Å². The summed E-state index contributed by atoms with van der Waals surface area (Å²) in [5.74, 6) is 1.83. The lowest BCUT2D eigenvalue weighted by molar-refractivity contribution is 0.146. The van der Waals surface area contributed by atoms with Gasteiger partial charge in [-0.15, -0.1) is 0 Å². The summed E-state index contributed by atoms with van der Waals surface area (Å²) in [7, 11) is 1.68. The molecule has 0 saturated heterocycles. The van der Waals surface area contributed by atoms with E-state index in [9.17, 15) is 0 Å². The van der Waals surface area contributed by atoms with Crippen molar-refractivity contribution in [1.29, 1.82) is 0 Å². The molecule has 2 heterocycles. The topological polar surface area (TPSA) is 49.2 Å². The van der Waals surface area contributed by atoms with Gasteiger partial charge in [0.1, 0.15) is 18.2 Å². The van der Waals surface area contributed by atoms with Crippen LogP contribution in [-0.4, -0.2) is 34.9 Å². The number of hydrogen-bond acceptors (Lipinski definition) is 4. The van der Waals surface area contributed by atoms with Gasteiger partial charge in [0.25, 0.3) is 0 Å². The normalized spacial score (nSPS) is 14.0. The zero-order valence-corrected chi connectivity index (χ0v) is 25.1. The van der Waals surface area contributed by atoms with Crippen LogP contribution < -0.4 is 4.74 Å². The van der Waals surface area contributed by atoms with E-state index in [1.165, 1.54) is 37.6 Å². The second kappa shape index (κ2) is 12.2. The molecule has 0 amide bonds. The molecule has 0 bridgehead atoms. The minimum atomic E-state index is 0.482. The second-order valence-corrected chi connectivity index (χ2v) is 11.7. The number of imidazole rings is 1.